The Balaban J connectivity index is 0.883. The molecule has 80 heavy (non-hydrogen) atoms. The molecule has 5 aromatic carbocycles. The van der Waals surface area contributed by atoms with Crippen molar-refractivity contribution in [3.63, 3.8) is 0 Å². The molecule has 0 atom stereocenters. The van der Waals surface area contributed by atoms with Crippen LogP contribution in [0.1, 0.15) is 153 Å². The van der Waals surface area contributed by atoms with Gasteiger partial charge in [-0.15, -0.1) is 10.2 Å². The average molecular weight is 1090 g/mol. The summed E-state index contributed by atoms with van der Waals surface area (Å²) in [7, 11) is 0. The van der Waals surface area contributed by atoms with Gasteiger partial charge in [0.05, 0.1) is 11.5 Å². The molecule has 0 aromatic heterocycles. The Bertz CT molecular complexity index is 3470. The van der Waals surface area contributed by atoms with Crippen LogP contribution in [0.4, 0.5) is 24.5 Å². The number of carboxylic acid groups (broad SMARTS) is 1. The minimum absolute atomic E-state index is 0.0398. The molecule has 0 saturated heterocycles. The topological polar surface area (TPSA) is 208 Å². The molecule has 11 rings (SSSR count). The number of alkyl halides is 3. The fourth-order valence-electron chi connectivity index (χ4n) is 12.4. The van der Waals surface area contributed by atoms with Crippen molar-refractivity contribution in [3.8, 4) is 11.5 Å². The highest BCUT2D eigenvalue weighted by molar-refractivity contribution is 6.02. The molecule has 0 unspecified atom stereocenters. The van der Waals surface area contributed by atoms with Crippen molar-refractivity contribution in [2.45, 2.75) is 121 Å². The number of nitrogens with one attached hydrogen (secondary N) is 3. The van der Waals surface area contributed by atoms with E-state index in [9.17, 15) is 42.3 Å². The molecule has 0 bridgehead atoms. The maximum absolute atomic E-state index is 14.5. The molecule has 5 aromatic rings. The zero-order valence-electron chi connectivity index (χ0n) is 44.4. The number of unbranched alkanes of at least 4 members (excludes halogenated alkanes) is 3. The number of carbonyl (C=O) groups excluding carboxylic acids is 5. The zero-order chi connectivity index (χ0) is 55.7. The molecule has 6 aliphatic rings. The van der Waals surface area contributed by atoms with Crippen LogP contribution in [-0.2, 0) is 47.5 Å². The lowest BCUT2D eigenvalue weighted by Gasteiger charge is -2.36. The molecule has 0 saturated carbocycles. The number of hydrogen-bond donors (Lipinski definition) is 4. The smallest absolute Gasteiger partial charge is 0.442 e. The van der Waals surface area contributed by atoms with E-state index in [1.807, 2.05) is 0 Å². The second kappa shape index (κ2) is 22.7. The van der Waals surface area contributed by atoms with Crippen LogP contribution in [0.3, 0.4) is 0 Å². The first-order chi connectivity index (χ1) is 38.7. The number of halogens is 3. The van der Waals surface area contributed by atoms with E-state index in [-0.39, 0.29) is 60.6 Å². The second-order valence-electron chi connectivity index (χ2n) is 21.7. The third kappa shape index (κ3) is 10.8. The summed E-state index contributed by atoms with van der Waals surface area (Å²) in [6, 6.07) is 20.7. The molecule has 0 fully saturated rings. The Hall–Kier alpha value is -7.93. The second-order valence-corrected chi connectivity index (χ2v) is 21.7. The first-order valence-corrected chi connectivity index (χ1v) is 28.0. The number of hydrogen-bond acceptors (Lipinski definition) is 11. The summed E-state index contributed by atoms with van der Waals surface area (Å²) in [6.07, 6.45) is 7.71. The maximum Gasteiger partial charge on any atom is 0.442 e. The van der Waals surface area contributed by atoms with E-state index in [4.69, 9.17) is 9.94 Å². The Morgan fingerprint density at radius 1 is 0.738 bits per heavy atom. The van der Waals surface area contributed by atoms with Gasteiger partial charge in [-0.1, -0.05) is 43.2 Å². The fourth-order valence-corrected chi connectivity index (χ4v) is 12.4. The minimum atomic E-state index is -4.72. The third-order valence-corrected chi connectivity index (χ3v) is 16.4. The number of rotatable bonds is 18. The van der Waals surface area contributed by atoms with Crippen LogP contribution in [0.25, 0.3) is 5.57 Å². The predicted octanol–water partition coefficient (Wildman–Crippen LogP) is 7.30. The SMILES string of the molecule is O=C(CCCCCCC(=O)Nc1ccc(C(=O)N(CCNC(=O)c2ccc(C(=O)[O-])c(C3=c4cc5c6c(c4Oc4c3cc3c7c4CCCN7CCCC3)CCC[N+]=6CCCC5)c2)Cc2ccc(C3(C(F)(F)F)N=N3)cc2)cc1)NO. The Morgan fingerprint density at radius 3 is 2.17 bits per heavy atom. The Kier molecular flexibility index (Phi) is 15.3. The van der Waals surface area contributed by atoms with Gasteiger partial charge in [0.2, 0.25) is 17.2 Å². The van der Waals surface area contributed by atoms with Gasteiger partial charge >= 0.3 is 11.8 Å². The van der Waals surface area contributed by atoms with Gasteiger partial charge in [0.1, 0.15) is 24.6 Å². The molecule has 0 radical (unpaired) electrons. The Morgan fingerprint density at radius 2 is 1.44 bits per heavy atom. The van der Waals surface area contributed by atoms with Gasteiger partial charge < -0.3 is 35.1 Å². The molecule has 4 amide bonds. The van der Waals surface area contributed by atoms with E-state index in [1.54, 1.807) is 35.8 Å². The van der Waals surface area contributed by atoms with E-state index < -0.39 is 35.5 Å². The first-order valence-electron chi connectivity index (χ1n) is 28.0. The minimum Gasteiger partial charge on any atom is -0.545 e. The normalized spacial score (nSPS) is 16.4. The molecular formula is C61H63F3N8O8. The van der Waals surface area contributed by atoms with Gasteiger partial charge in [0.25, 0.3) is 11.8 Å². The van der Waals surface area contributed by atoms with Crippen molar-refractivity contribution in [2.24, 2.45) is 10.2 Å². The van der Waals surface area contributed by atoms with Gasteiger partial charge in [-0.3, -0.25) is 24.4 Å². The van der Waals surface area contributed by atoms with Gasteiger partial charge in [-0.2, -0.15) is 13.2 Å². The van der Waals surface area contributed by atoms with E-state index >= 15 is 0 Å². The molecule has 16 nitrogen and oxygen atoms in total. The van der Waals surface area contributed by atoms with Crippen LogP contribution in [-0.4, -0.2) is 85.2 Å². The summed E-state index contributed by atoms with van der Waals surface area (Å²) in [5.41, 5.74) is 7.86. The van der Waals surface area contributed by atoms with Gasteiger partial charge in [-0.05, 0) is 129 Å². The summed E-state index contributed by atoms with van der Waals surface area (Å²) in [6.45, 7) is 3.68. The lowest BCUT2D eigenvalue weighted by atomic mass is 9.82. The molecule has 19 heteroatoms. The van der Waals surface area contributed by atoms with Crippen LogP contribution < -0.4 is 46.0 Å². The van der Waals surface area contributed by atoms with Crippen LogP contribution in [0.5, 0.6) is 11.5 Å². The van der Waals surface area contributed by atoms with E-state index in [2.05, 4.69) is 42.5 Å². The van der Waals surface area contributed by atoms with Crippen LogP contribution in [0.2, 0.25) is 0 Å². The standard InChI is InChI=1S/C61H63F3N8O8/c62-61(63,64)60(68-69-60)42-22-17-37(18-23-42)36-72(58(76)38-19-24-43(25-20-38)66-50(73)15-3-1-2-4-16-51(74)67-79)32-27-65-57(75)41-21-26-44(59(77)78)47(35-41)52-48-33-39-11-5-7-28-70-30-9-13-45(53(39)70)55(48)80-56-46-14-10-31-71-29-8-6-12-40(54(46)71)34-49(52)56/h17-26,33-35H,1-16,27-32,36H2,(H4-,65,66,67,68,69,73,74,75,76,77,78,79). The summed E-state index contributed by atoms with van der Waals surface area (Å²) in [5, 5.41) is 36.4. The number of aryl methyl sites for hydroxylation is 2. The summed E-state index contributed by atoms with van der Waals surface area (Å²) in [5.74, 6) is -1.58. The highest BCUT2D eigenvalue weighted by Crippen LogP contribution is 2.52. The number of carboxylic acids is 1. The number of nitrogens with zero attached hydrogens (tertiary/aromatic N) is 5. The van der Waals surface area contributed by atoms with Gasteiger partial charge in [-0.25, -0.2) is 10.1 Å². The van der Waals surface area contributed by atoms with E-state index in [1.165, 1.54) is 63.5 Å². The van der Waals surface area contributed by atoms with Crippen LogP contribution in [0.15, 0.2) is 89.1 Å². The number of hydroxylamine groups is 1. The number of anilines is 2. The molecule has 0 spiro atoms. The average Bonchev–Trinajstić information content (AvgIpc) is 3.06. The molecule has 6 aliphatic heterocycles. The molecule has 4 N–H and O–H groups in total. The number of amides is 4. The number of benzene rings is 5. The van der Waals surface area contributed by atoms with Crippen molar-refractivity contribution < 1.29 is 52.2 Å². The monoisotopic (exact) mass is 1090 g/mol. The van der Waals surface area contributed by atoms with Crippen molar-refractivity contribution in [2.75, 3.05) is 49.5 Å². The third-order valence-electron chi connectivity index (χ3n) is 16.4. The van der Waals surface area contributed by atoms with E-state index in [0.717, 1.165) is 124 Å². The quantitative estimate of drug-likeness (QED) is 0.0294. The fraction of sp³-hybridized carbons (Fsp3) is 0.410. The van der Waals surface area contributed by atoms with Crippen molar-refractivity contribution >= 4 is 46.5 Å². The summed E-state index contributed by atoms with van der Waals surface area (Å²) < 4.78 is 51.4. The lowest BCUT2D eigenvalue weighted by Crippen LogP contribution is -2.41. The molecule has 6 heterocycles. The van der Waals surface area contributed by atoms with Crippen molar-refractivity contribution in [3.05, 3.63) is 151 Å². The molecule has 416 valence electrons. The van der Waals surface area contributed by atoms with Gasteiger partial charge in [0.15, 0.2) is 0 Å². The van der Waals surface area contributed by atoms with E-state index in [0.29, 0.717) is 48.1 Å². The zero-order valence-corrected chi connectivity index (χ0v) is 44.4. The molecular weight excluding hydrogens is 1030 g/mol. The van der Waals surface area contributed by atoms with Crippen molar-refractivity contribution in [1.82, 2.24) is 20.3 Å². The van der Waals surface area contributed by atoms with Crippen LogP contribution >= 0.6 is 0 Å². The summed E-state index contributed by atoms with van der Waals surface area (Å²) >= 11 is 0. The Labute approximate surface area is 460 Å². The lowest BCUT2D eigenvalue weighted by molar-refractivity contribution is -0.255. The summed E-state index contributed by atoms with van der Waals surface area (Å²) in [4.78, 5) is 70.1. The number of carbonyl (C=O) groups is 5. The maximum atomic E-state index is 14.5. The highest BCUT2D eigenvalue weighted by atomic mass is 19.4. The number of aromatic carboxylic acids is 1. The van der Waals surface area contributed by atoms with Crippen LogP contribution in [0, 0.1) is 0 Å². The number of fused-ring (bicyclic) bond motifs is 4. The highest BCUT2D eigenvalue weighted by Gasteiger charge is 2.65. The first kappa shape index (κ1) is 54.0. The van der Waals surface area contributed by atoms with Crippen molar-refractivity contribution in [1.29, 1.82) is 0 Å². The van der Waals surface area contributed by atoms with Gasteiger partial charge in [0, 0.05) is 120 Å². The molecule has 0 aliphatic carbocycles. The predicted molar refractivity (Wildman–Crippen MR) is 289 cm³/mol. The largest absolute Gasteiger partial charge is 0.545 e. The number of ether oxygens (including phenoxy) is 1.